The molecular weight excluding hydrogens is 74.1 g/mol. The van der Waals surface area contributed by atoms with Crippen LogP contribution in [0.15, 0.2) is 0 Å². The Labute approximate surface area is 45.4 Å². The fraction of sp³-hybridized carbons (Fsp3) is 1.00. The molecule has 1 nitrogen and oxygen atoms in total. The first kappa shape index (κ1) is 1.83. The summed E-state index contributed by atoms with van der Waals surface area (Å²) < 4.78 is 28.3. The van der Waals surface area contributed by atoms with Crippen molar-refractivity contribution in [3.8, 4) is 0 Å². The second kappa shape index (κ2) is 4.96. The summed E-state index contributed by atoms with van der Waals surface area (Å²) in [6, 6.07) is 0. The molecule has 0 heterocycles. The largest absolute Gasteiger partial charge is 0.317 e. The molecule has 1 heteroatoms. The molecule has 0 rings (SSSR count). The van der Waals surface area contributed by atoms with Crippen LogP contribution >= 0.6 is 0 Å². The second-order valence-electron chi connectivity index (χ2n) is 0.905. The van der Waals surface area contributed by atoms with Crippen LogP contribution in [-0.4, -0.2) is 13.0 Å². The fourth-order valence-corrected chi connectivity index (χ4v) is 0.177. The molecule has 0 aliphatic heterocycles. The van der Waals surface area contributed by atoms with E-state index in [9.17, 15) is 0 Å². The lowest BCUT2D eigenvalue weighted by Crippen LogP contribution is -2.12. The third-order valence-electron chi connectivity index (χ3n) is 0.390. The molecule has 0 aliphatic carbocycles. The van der Waals surface area contributed by atoms with Crippen LogP contribution in [-0.2, 0) is 0 Å². The van der Waals surface area contributed by atoms with Crippen LogP contribution < -0.4 is 5.32 Å². The van der Waals surface area contributed by atoms with Crippen LogP contribution in [0.2, 0.25) is 0 Å². The highest BCUT2D eigenvalue weighted by Gasteiger charge is 1.71. The fourth-order valence-electron chi connectivity index (χ4n) is 0.177. The minimum atomic E-state index is -1.64. The summed E-state index contributed by atoms with van der Waals surface area (Å²) in [5.41, 5.74) is 0. The lowest BCUT2D eigenvalue weighted by atomic mass is 10.5. The highest BCUT2D eigenvalue weighted by atomic mass is 14.8. The van der Waals surface area contributed by atoms with Gasteiger partial charge in [0.25, 0.3) is 0 Å². The molecule has 0 saturated carbocycles. The van der Waals surface area contributed by atoms with Gasteiger partial charge in [0.1, 0.15) is 0 Å². The van der Waals surface area contributed by atoms with Gasteiger partial charge >= 0.3 is 0 Å². The van der Waals surface area contributed by atoms with E-state index in [0.29, 0.717) is 0 Å². The van der Waals surface area contributed by atoms with E-state index in [4.69, 9.17) is 5.48 Å². The molecule has 0 atom stereocenters. The molecule has 0 fully saturated rings. The molecule has 38 valence electrons. The van der Waals surface area contributed by atoms with E-state index in [1.165, 1.54) is 6.92 Å². The SMILES string of the molecule is [2H]C([2H])(C)NC([2H])([2H])CC. The van der Waals surface area contributed by atoms with E-state index >= 15 is 0 Å². The van der Waals surface area contributed by atoms with Crippen molar-refractivity contribution >= 4 is 0 Å². The maximum atomic E-state index is 7.15. The summed E-state index contributed by atoms with van der Waals surface area (Å²) in [6.07, 6.45) is 0.264. The van der Waals surface area contributed by atoms with Crippen molar-refractivity contribution in [2.45, 2.75) is 20.3 Å². The highest BCUT2D eigenvalue weighted by molar-refractivity contribution is 4.35. The smallest absolute Gasteiger partial charge is 0.0428 e. The van der Waals surface area contributed by atoms with E-state index in [2.05, 4.69) is 5.32 Å². The Balaban J connectivity index is 3.89. The molecule has 0 aromatic rings. The number of hydrogen-bond acceptors (Lipinski definition) is 1. The molecular formula is C5H13N. The van der Waals surface area contributed by atoms with Crippen molar-refractivity contribution in [1.29, 1.82) is 0 Å². The molecule has 0 unspecified atom stereocenters. The van der Waals surface area contributed by atoms with Gasteiger partial charge in [-0.15, -0.1) is 0 Å². The van der Waals surface area contributed by atoms with E-state index in [1.807, 2.05) is 0 Å². The third-order valence-corrected chi connectivity index (χ3v) is 0.390. The van der Waals surface area contributed by atoms with E-state index in [-0.39, 0.29) is 6.42 Å². The topological polar surface area (TPSA) is 12.0 Å². The predicted molar refractivity (Wildman–Crippen MR) is 28.8 cm³/mol. The molecule has 0 aromatic heterocycles. The molecule has 6 heavy (non-hydrogen) atoms. The number of nitrogens with one attached hydrogen (secondary N) is 1. The van der Waals surface area contributed by atoms with Crippen LogP contribution in [0, 0.1) is 0 Å². The van der Waals surface area contributed by atoms with E-state index < -0.39 is 13.0 Å². The maximum Gasteiger partial charge on any atom is 0.0428 e. The molecule has 0 amide bonds. The van der Waals surface area contributed by atoms with Crippen molar-refractivity contribution in [2.24, 2.45) is 0 Å². The van der Waals surface area contributed by atoms with Gasteiger partial charge in [0.15, 0.2) is 0 Å². The quantitative estimate of drug-likeness (QED) is 0.546. The zero-order valence-corrected chi connectivity index (χ0v) is 4.21. The van der Waals surface area contributed by atoms with Crippen LogP contribution in [0.1, 0.15) is 25.8 Å². The zero-order valence-electron chi connectivity index (χ0n) is 8.21. The van der Waals surface area contributed by atoms with Gasteiger partial charge in [0, 0.05) is 5.48 Å². The van der Waals surface area contributed by atoms with Gasteiger partial charge in [0.05, 0.1) is 0 Å². The van der Waals surface area contributed by atoms with Gasteiger partial charge in [-0.3, -0.25) is 0 Å². The third kappa shape index (κ3) is 3.96. The summed E-state index contributed by atoms with van der Waals surface area (Å²) in [7, 11) is 0. The average molecular weight is 91.2 g/mol. The van der Waals surface area contributed by atoms with Crippen molar-refractivity contribution in [3.05, 3.63) is 0 Å². The normalized spacial score (nSPS) is 23.7. The summed E-state index contributed by atoms with van der Waals surface area (Å²) in [5, 5.41) is 2.21. The van der Waals surface area contributed by atoms with E-state index in [0.717, 1.165) is 0 Å². The standard InChI is InChI=1S/C5H13N/c1-3-5-6-4-2/h6H,3-5H2,1-2H3/i4D2,5D2. The first-order valence-electron chi connectivity index (χ1n) is 4.06. The molecule has 0 aliphatic rings. The lowest BCUT2D eigenvalue weighted by molar-refractivity contribution is 0.703. The summed E-state index contributed by atoms with van der Waals surface area (Å²) in [6.45, 7) is -0.281. The Morgan fingerprint density at radius 1 is 1.67 bits per heavy atom. The number of hydrogen-bond donors (Lipinski definition) is 1. The molecule has 1 N–H and O–H groups in total. The monoisotopic (exact) mass is 91.1 g/mol. The molecule has 0 saturated heterocycles. The predicted octanol–water partition coefficient (Wildman–Crippen LogP) is 1.01. The molecule has 0 aromatic carbocycles. The van der Waals surface area contributed by atoms with Gasteiger partial charge < -0.3 is 5.32 Å². The Bertz CT molecular complexity index is 107. The van der Waals surface area contributed by atoms with Crippen molar-refractivity contribution < 1.29 is 5.48 Å². The maximum absolute atomic E-state index is 7.15. The van der Waals surface area contributed by atoms with Crippen LogP contribution in [0.3, 0.4) is 0 Å². The average Bonchev–Trinajstić information content (AvgIpc) is 1.60. The van der Waals surface area contributed by atoms with Crippen molar-refractivity contribution in [3.63, 3.8) is 0 Å². The van der Waals surface area contributed by atoms with Crippen molar-refractivity contribution in [2.75, 3.05) is 13.0 Å². The van der Waals surface area contributed by atoms with Gasteiger partial charge in [-0.1, -0.05) is 13.8 Å². The number of rotatable bonds is 3. The summed E-state index contributed by atoms with van der Waals surface area (Å²) >= 11 is 0. The minimum absolute atomic E-state index is 0.264. The van der Waals surface area contributed by atoms with Gasteiger partial charge in [-0.25, -0.2) is 0 Å². The van der Waals surface area contributed by atoms with Crippen LogP contribution in [0.25, 0.3) is 0 Å². The zero-order chi connectivity index (χ0) is 8.41. The van der Waals surface area contributed by atoms with Gasteiger partial charge in [0.2, 0.25) is 0 Å². The first-order valence-corrected chi connectivity index (χ1v) is 2.06. The molecule has 0 spiro atoms. The van der Waals surface area contributed by atoms with Crippen molar-refractivity contribution in [1.82, 2.24) is 5.32 Å². The minimum Gasteiger partial charge on any atom is -0.317 e. The Kier molecular flexibility index (Phi) is 1.51. The molecule has 0 radical (unpaired) electrons. The van der Waals surface area contributed by atoms with Gasteiger partial charge in [-0.05, 0) is 19.4 Å². The second-order valence-corrected chi connectivity index (χ2v) is 0.905. The summed E-state index contributed by atoms with van der Waals surface area (Å²) in [5.74, 6) is 0. The van der Waals surface area contributed by atoms with Gasteiger partial charge in [-0.2, -0.15) is 0 Å². The Morgan fingerprint density at radius 2 is 2.33 bits per heavy atom. The highest BCUT2D eigenvalue weighted by Crippen LogP contribution is 1.65. The Morgan fingerprint density at radius 3 is 2.50 bits per heavy atom. The lowest BCUT2D eigenvalue weighted by Gasteiger charge is -1.91. The van der Waals surface area contributed by atoms with E-state index in [1.54, 1.807) is 6.92 Å². The van der Waals surface area contributed by atoms with Crippen LogP contribution in [0.4, 0.5) is 0 Å². The van der Waals surface area contributed by atoms with Crippen LogP contribution in [0.5, 0.6) is 0 Å². The molecule has 0 bridgehead atoms. The first-order chi connectivity index (χ1) is 4.27. The summed E-state index contributed by atoms with van der Waals surface area (Å²) in [4.78, 5) is 0. The Hall–Kier alpha value is -0.0400.